The van der Waals surface area contributed by atoms with Gasteiger partial charge in [0.1, 0.15) is 0 Å². The van der Waals surface area contributed by atoms with E-state index in [0.717, 1.165) is 44.0 Å². The molecule has 1 aliphatic heterocycles. The first-order valence-electron chi connectivity index (χ1n) is 8.62. The summed E-state index contributed by atoms with van der Waals surface area (Å²) < 4.78 is 0. The molecule has 132 valence electrons. The summed E-state index contributed by atoms with van der Waals surface area (Å²) in [5, 5.41) is 3.60. The summed E-state index contributed by atoms with van der Waals surface area (Å²) in [5.41, 5.74) is 4.42. The number of carbonyl (C=O) groups is 1. The third kappa shape index (κ3) is 4.53. The molecule has 1 aliphatic rings. The minimum atomic E-state index is -0.0598. The first-order chi connectivity index (χ1) is 12.0. The zero-order valence-corrected chi connectivity index (χ0v) is 15.5. The van der Waals surface area contributed by atoms with Crippen molar-refractivity contribution in [1.82, 2.24) is 9.80 Å². The number of nitrogens with one attached hydrogen (secondary N) is 1. The molecule has 0 spiro atoms. The summed E-state index contributed by atoms with van der Waals surface area (Å²) in [4.78, 5) is 16.7. The van der Waals surface area contributed by atoms with Gasteiger partial charge in [0.05, 0.1) is 0 Å². The van der Waals surface area contributed by atoms with Gasteiger partial charge in [0.15, 0.2) is 0 Å². The first kappa shape index (κ1) is 17.8. The van der Waals surface area contributed by atoms with Gasteiger partial charge in [-0.15, -0.1) is 0 Å². The number of aryl methyl sites for hydroxylation is 2. The van der Waals surface area contributed by atoms with Crippen LogP contribution < -0.4 is 5.32 Å². The lowest BCUT2D eigenvalue weighted by Crippen LogP contribution is -2.49. The molecular weight excluding hydrogens is 334 g/mol. The van der Waals surface area contributed by atoms with Crippen molar-refractivity contribution in [3.63, 3.8) is 0 Å². The highest BCUT2D eigenvalue weighted by molar-refractivity contribution is 6.31. The van der Waals surface area contributed by atoms with E-state index in [2.05, 4.69) is 41.4 Å². The number of piperazine rings is 1. The van der Waals surface area contributed by atoms with E-state index in [1.54, 1.807) is 6.07 Å². The van der Waals surface area contributed by atoms with E-state index in [4.69, 9.17) is 11.6 Å². The highest BCUT2D eigenvalue weighted by Crippen LogP contribution is 2.20. The van der Waals surface area contributed by atoms with Crippen LogP contribution in [0.15, 0.2) is 42.5 Å². The number of urea groups is 1. The Hall–Kier alpha value is -2.04. The Morgan fingerprint density at radius 3 is 2.44 bits per heavy atom. The standard InChI is InChI=1S/C20H24ClN3O/c1-15-5-3-4-6-17(15)14-23-9-11-24(12-10-23)20(25)22-18-8-7-16(2)19(21)13-18/h3-8,13H,9-12,14H2,1-2H3,(H,22,25). The first-order valence-corrected chi connectivity index (χ1v) is 8.99. The van der Waals surface area contributed by atoms with Crippen molar-refractivity contribution in [3.8, 4) is 0 Å². The molecule has 25 heavy (non-hydrogen) atoms. The fraction of sp³-hybridized carbons (Fsp3) is 0.350. The number of benzene rings is 2. The monoisotopic (exact) mass is 357 g/mol. The summed E-state index contributed by atoms with van der Waals surface area (Å²) in [6.07, 6.45) is 0. The van der Waals surface area contributed by atoms with Crippen LogP contribution in [-0.4, -0.2) is 42.0 Å². The molecule has 1 saturated heterocycles. The van der Waals surface area contributed by atoms with Crippen LogP contribution in [0.2, 0.25) is 5.02 Å². The highest BCUT2D eigenvalue weighted by Gasteiger charge is 2.21. The molecule has 4 nitrogen and oxygen atoms in total. The summed E-state index contributed by atoms with van der Waals surface area (Å²) in [6, 6.07) is 14.0. The van der Waals surface area contributed by atoms with E-state index in [-0.39, 0.29) is 6.03 Å². The van der Waals surface area contributed by atoms with Crippen LogP contribution in [0.3, 0.4) is 0 Å². The zero-order valence-electron chi connectivity index (χ0n) is 14.8. The number of halogens is 1. The maximum atomic E-state index is 12.4. The second-order valence-electron chi connectivity index (χ2n) is 6.58. The van der Waals surface area contributed by atoms with Crippen LogP contribution >= 0.6 is 11.6 Å². The van der Waals surface area contributed by atoms with Crippen molar-refractivity contribution in [2.24, 2.45) is 0 Å². The van der Waals surface area contributed by atoms with E-state index in [9.17, 15) is 4.79 Å². The molecule has 3 rings (SSSR count). The Kier molecular flexibility index (Phi) is 5.61. The number of hydrogen-bond acceptors (Lipinski definition) is 2. The Bertz CT molecular complexity index is 754. The van der Waals surface area contributed by atoms with E-state index in [1.807, 2.05) is 24.0 Å². The Morgan fingerprint density at radius 1 is 1.04 bits per heavy atom. The second kappa shape index (κ2) is 7.89. The Morgan fingerprint density at radius 2 is 1.76 bits per heavy atom. The zero-order chi connectivity index (χ0) is 17.8. The molecule has 0 atom stereocenters. The topological polar surface area (TPSA) is 35.6 Å². The van der Waals surface area contributed by atoms with Gasteiger partial charge in [-0.1, -0.05) is 41.9 Å². The lowest BCUT2D eigenvalue weighted by molar-refractivity contribution is 0.143. The third-order valence-corrected chi connectivity index (χ3v) is 5.15. The molecule has 0 unspecified atom stereocenters. The van der Waals surface area contributed by atoms with Crippen molar-refractivity contribution in [1.29, 1.82) is 0 Å². The van der Waals surface area contributed by atoms with Gasteiger partial charge in [-0.2, -0.15) is 0 Å². The SMILES string of the molecule is Cc1ccc(NC(=O)N2CCN(Cc3ccccc3C)CC2)cc1Cl. The second-order valence-corrected chi connectivity index (χ2v) is 6.99. The fourth-order valence-corrected chi connectivity index (χ4v) is 3.19. The number of anilines is 1. The van der Waals surface area contributed by atoms with Crippen molar-refractivity contribution in [2.75, 3.05) is 31.5 Å². The summed E-state index contributed by atoms with van der Waals surface area (Å²) >= 11 is 6.12. The average molecular weight is 358 g/mol. The highest BCUT2D eigenvalue weighted by atomic mass is 35.5. The molecule has 0 aromatic heterocycles. The van der Waals surface area contributed by atoms with Gasteiger partial charge in [-0.3, -0.25) is 4.90 Å². The summed E-state index contributed by atoms with van der Waals surface area (Å²) in [5.74, 6) is 0. The van der Waals surface area contributed by atoms with Gasteiger partial charge >= 0.3 is 6.03 Å². The smallest absolute Gasteiger partial charge is 0.321 e. The molecule has 1 heterocycles. The lowest BCUT2D eigenvalue weighted by atomic mass is 10.1. The Labute approximate surface area is 154 Å². The molecule has 1 N–H and O–H groups in total. The van der Waals surface area contributed by atoms with Crippen LogP contribution in [0.25, 0.3) is 0 Å². The summed E-state index contributed by atoms with van der Waals surface area (Å²) in [7, 11) is 0. The van der Waals surface area contributed by atoms with E-state index >= 15 is 0 Å². The predicted molar refractivity (Wildman–Crippen MR) is 103 cm³/mol. The molecule has 0 radical (unpaired) electrons. The largest absolute Gasteiger partial charge is 0.322 e. The fourth-order valence-electron chi connectivity index (χ4n) is 3.01. The van der Waals surface area contributed by atoms with Gasteiger partial charge < -0.3 is 10.2 Å². The van der Waals surface area contributed by atoms with Gasteiger partial charge in [0, 0.05) is 43.4 Å². The number of hydrogen-bond donors (Lipinski definition) is 1. The maximum absolute atomic E-state index is 12.4. The summed E-state index contributed by atoms with van der Waals surface area (Å²) in [6.45, 7) is 8.27. The van der Waals surface area contributed by atoms with Crippen molar-refractivity contribution < 1.29 is 4.79 Å². The maximum Gasteiger partial charge on any atom is 0.321 e. The van der Waals surface area contributed by atoms with E-state index < -0.39 is 0 Å². The van der Waals surface area contributed by atoms with Gasteiger partial charge in [-0.05, 0) is 42.7 Å². The molecular formula is C20H24ClN3O. The van der Waals surface area contributed by atoms with Gasteiger partial charge in [0.25, 0.3) is 0 Å². The molecule has 2 aromatic rings. The van der Waals surface area contributed by atoms with Gasteiger partial charge in [0.2, 0.25) is 0 Å². The van der Waals surface area contributed by atoms with Crippen LogP contribution in [0.4, 0.5) is 10.5 Å². The minimum absolute atomic E-state index is 0.0598. The van der Waals surface area contributed by atoms with Gasteiger partial charge in [-0.25, -0.2) is 4.79 Å². The van der Waals surface area contributed by atoms with E-state index in [0.29, 0.717) is 5.02 Å². The molecule has 2 aromatic carbocycles. The van der Waals surface area contributed by atoms with Crippen LogP contribution in [0.1, 0.15) is 16.7 Å². The molecule has 0 aliphatic carbocycles. The van der Waals surface area contributed by atoms with Crippen molar-refractivity contribution >= 4 is 23.3 Å². The molecule has 0 saturated carbocycles. The molecule has 5 heteroatoms. The third-order valence-electron chi connectivity index (χ3n) is 4.74. The Balaban J connectivity index is 1.52. The van der Waals surface area contributed by atoms with Crippen LogP contribution in [0, 0.1) is 13.8 Å². The normalized spacial score (nSPS) is 15.2. The van der Waals surface area contributed by atoms with Crippen molar-refractivity contribution in [2.45, 2.75) is 20.4 Å². The molecule has 1 fully saturated rings. The molecule has 0 bridgehead atoms. The van der Waals surface area contributed by atoms with Crippen LogP contribution in [0.5, 0.6) is 0 Å². The minimum Gasteiger partial charge on any atom is -0.322 e. The number of carbonyl (C=O) groups excluding carboxylic acids is 1. The number of amides is 2. The van der Waals surface area contributed by atoms with Crippen molar-refractivity contribution in [3.05, 3.63) is 64.2 Å². The lowest BCUT2D eigenvalue weighted by Gasteiger charge is -2.35. The average Bonchev–Trinajstić information content (AvgIpc) is 2.61. The number of rotatable bonds is 3. The molecule has 2 amide bonds. The van der Waals surface area contributed by atoms with Crippen LogP contribution in [-0.2, 0) is 6.54 Å². The predicted octanol–water partition coefficient (Wildman–Crippen LogP) is 4.31. The number of nitrogens with zero attached hydrogens (tertiary/aromatic N) is 2. The quantitative estimate of drug-likeness (QED) is 0.888. The van der Waals surface area contributed by atoms with E-state index in [1.165, 1.54) is 11.1 Å².